The fraction of sp³-hybridized carbons (Fsp3) is 0.462. The van der Waals surface area contributed by atoms with Crippen molar-refractivity contribution in [1.82, 2.24) is 5.32 Å². The molecule has 0 aromatic heterocycles. The molecule has 0 heterocycles. The highest BCUT2D eigenvalue weighted by molar-refractivity contribution is 6.30. The van der Waals surface area contributed by atoms with E-state index in [1.165, 1.54) is 6.42 Å². The Bertz CT molecular complexity index is 365. The molecular formula is C13H16ClNO. The van der Waals surface area contributed by atoms with E-state index in [9.17, 15) is 4.79 Å². The molecule has 86 valence electrons. The van der Waals surface area contributed by atoms with Crippen LogP contribution in [0.4, 0.5) is 0 Å². The van der Waals surface area contributed by atoms with Crippen molar-refractivity contribution in [3.05, 3.63) is 35.9 Å². The van der Waals surface area contributed by atoms with Crippen molar-refractivity contribution < 1.29 is 4.79 Å². The number of rotatable bonds is 4. The Morgan fingerprint density at radius 1 is 1.50 bits per heavy atom. The highest BCUT2D eigenvalue weighted by atomic mass is 35.5. The molecule has 1 aromatic rings. The molecule has 0 bridgehead atoms. The third-order valence-electron chi connectivity index (χ3n) is 3.14. The van der Waals surface area contributed by atoms with Crippen molar-refractivity contribution in [1.29, 1.82) is 0 Å². The van der Waals surface area contributed by atoms with Gasteiger partial charge in [0.15, 0.2) is 0 Å². The first kappa shape index (κ1) is 11.5. The minimum absolute atomic E-state index is 0.0908. The summed E-state index contributed by atoms with van der Waals surface area (Å²) in [5.41, 5.74) is 0.852. The molecule has 0 aliphatic heterocycles. The summed E-state index contributed by atoms with van der Waals surface area (Å²) in [6.07, 6.45) is 1.22. The Morgan fingerprint density at radius 3 is 2.69 bits per heavy atom. The van der Waals surface area contributed by atoms with Gasteiger partial charge in [0.2, 0.25) is 5.91 Å². The van der Waals surface area contributed by atoms with Crippen LogP contribution in [0.5, 0.6) is 0 Å². The topological polar surface area (TPSA) is 29.1 Å². The van der Waals surface area contributed by atoms with Crippen LogP contribution < -0.4 is 5.32 Å². The van der Waals surface area contributed by atoms with E-state index >= 15 is 0 Å². The number of nitrogens with one attached hydrogen (secondary N) is 1. The second-order valence-electron chi connectivity index (χ2n) is 4.49. The quantitative estimate of drug-likeness (QED) is 0.802. The lowest BCUT2D eigenvalue weighted by molar-refractivity contribution is -0.120. The summed E-state index contributed by atoms with van der Waals surface area (Å²) in [5.74, 6) is 1.32. The average molecular weight is 238 g/mol. The standard InChI is InChI=1S/C13H16ClNO/c1-9-7-11(9)8-15-13(16)12(14)10-5-3-2-4-6-10/h2-6,9,11-12H,7-8H2,1H3,(H,15,16). The van der Waals surface area contributed by atoms with E-state index in [1.54, 1.807) is 0 Å². The second-order valence-corrected chi connectivity index (χ2v) is 4.93. The zero-order chi connectivity index (χ0) is 11.5. The van der Waals surface area contributed by atoms with Crippen LogP contribution in [0, 0.1) is 11.8 Å². The molecule has 16 heavy (non-hydrogen) atoms. The molecule has 1 N–H and O–H groups in total. The molecular weight excluding hydrogens is 222 g/mol. The van der Waals surface area contributed by atoms with Crippen LogP contribution >= 0.6 is 11.6 Å². The summed E-state index contributed by atoms with van der Waals surface area (Å²) in [6, 6.07) is 9.44. The van der Waals surface area contributed by atoms with Gasteiger partial charge in [-0.2, -0.15) is 0 Å². The predicted octanol–water partition coefficient (Wildman–Crippen LogP) is 2.74. The molecule has 1 saturated carbocycles. The SMILES string of the molecule is CC1CC1CNC(=O)C(Cl)c1ccccc1. The van der Waals surface area contributed by atoms with Crippen LogP contribution in [0.2, 0.25) is 0 Å². The van der Waals surface area contributed by atoms with Crippen molar-refractivity contribution in [2.75, 3.05) is 6.54 Å². The molecule has 3 heteroatoms. The monoisotopic (exact) mass is 237 g/mol. The van der Waals surface area contributed by atoms with Crippen molar-refractivity contribution in [3.8, 4) is 0 Å². The van der Waals surface area contributed by atoms with Gasteiger partial charge in [0.25, 0.3) is 0 Å². The van der Waals surface area contributed by atoms with Gasteiger partial charge in [-0.15, -0.1) is 11.6 Å². The van der Waals surface area contributed by atoms with Gasteiger partial charge in [0.05, 0.1) is 0 Å². The van der Waals surface area contributed by atoms with E-state index < -0.39 is 5.38 Å². The molecule has 1 fully saturated rings. The van der Waals surface area contributed by atoms with E-state index in [1.807, 2.05) is 30.3 Å². The van der Waals surface area contributed by atoms with Crippen LogP contribution in [0.25, 0.3) is 0 Å². The summed E-state index contributed by atoms with van der Waals surface area (Å²) in [4.78, 5) is 11.7. The molecule has 0 saturated heterocycles. The average Bonchev–Trinajstić information content (AvgIpc) is 3.02. The normalized spacial score (nSPS) is 24.9. The first-order chi connectivity index (χ1) is 7.68. The largest absolute Gasteiger partial charge is 0.354 e. The van der Waals surface area contributed by atoms with Gasteiger partial charge < -0.3 is 5.32 Å². The van der Waals surface area contributed by atoms with Gasteiger partial charge in [0.1, 0.15) is 5.38 Å². The van der Waals surface area contributed by atoms with Crippen LogP contribution in [0.3, 0.4) is 0 Å². The first-order valence-electron chi connectivity index (χ1n) is 5.65. The van der Waals surface area contributed by atoms with Gasteiger partial charge in [0, 0.05) is 6.54 Å². The van der Waals surface area contributed by atoms with Gasteiger partial charge >= 0.3 is 0 Å². The molecule has 1 aliphatic carbocycles. The fourth-order valence-corrected chi connectivity index (χ4v) is 2.00. The maximum atomic E-state index is 11.7. The van der Waals surface area contributed by atoms with Crippen molar-refractivity contribution in [2.24, 2.45) is 11.8 Å². The van der Waals surface area contributed by atoms with Crippen LogP contribution in [0.1, 0.15) is 24.3 Å². The summed E-state index contributed by atoms with van der Waals surface area (Å²) in [7, 11) is 0. The van der Waals surface area contributed by atoms with Gasteiger partial charge in [-0.05, 0) is 23.8 Å². The molecule has 3 atom stereocenters. The molecule has 1 aromatic carbocycles. The van der Waals surface area contributed by atoms with Crippen molar-refractivity contribution >= 4 is 17.5 Å². The maximum absolute atomic E-state index is 11.7. The summed E-state index contributed by atoms with van der Waals surface area (Å²) < 4.78 is 0. The van der Waals surface area contributed by atoms with Crippen LogP contribution in [-0.2, 0) is 4.79 Å². The predicted molar refractivity (Wildman–Crippen MR) is 65.3 cm³/mol. The Labute approximate surface area is 101 Å². The second kappa shape index (κ2) is 4.88. The lowest BCUT2D eigenvalue weighted by Crippen LogP contribution is -2.29. The summed E-state index contributed by atoms with van der Waals surface area (Å²) >= 11 is 6.08. The number of amides is 1. The lowest BCUT2D eigenvalue weighted by Gasteiger charge is -2.10. The maximum Gasteiger partial charge on any atom is 0.242 e. The summed E-state index contributed by atoms with van der Waals surface area (Å²) in [6.45, 7) is 2.96. The van der Waals surface area contributed by atoms with E-state index in [4.69, 9.17) is 11.6 Å². The number of benzene rings is 1. The third-order valence-corrected chi connectivity index (χ3v) is 3.59. The zero-order valence-corrected chi connectivity index (χ0v) is 10.1. The van der Waals surface area contributed by atoms with Gasteiger partial charge in [-0.25, -0.2) is 0 Å². The van der Waals surface area contributed by atoms with Gasteiger partial charge in [-0.1, -0.05) is 37.3 Å². The van der Waals surface area contributed by atoms with E-state index in [0.717, 1.165) is 18.0 Å². The molecule has 1 amide bonds. The minimum Gasteiger partial charge on any atom is -0.354 e. The molecule has 0 radical (unpaired) electrons. The highest BCUT2D eigenvalue weighted by Gasteiger charge is 2.32. The molecule has 2 rings (SSSR count). The van der Waals surface area contributed by atoms with Crippen LogP contribution in [-0.4, -0.2) is 12.5 Å². The molecule has 0 spiro atoms. The van der Waals surface area contributed by atoms with E-state index in [2.05, 4.69) is 12.2 Å². The molecule has 1 aliphatic rings. The Balaban J connectivity index is 1.84. The highest BCUT2D eigenvalue weighted by Crippen LogP contribution is 2.36. The number of carbonyl (C=O) groups excluding carboxylic acids is 1. The zero-order valence-electron chi connectivity index (χ0n) is 9.32. The third kappa shape index (κ3) is 2.76. The smallest absolute Gasteiger partial charge is 0.242 e. The fourth-order valence-electron chi connectivity index (χ4n) is 1.78. The lowest BCUT2D eigenvalue weighted by atomic mass is 10.1. The Hall–Kier alpha value is -1.02. The molecule has 2 nitrogen and oxygen atoms in total. The number of halogens is 1. The van der Waals surface area contributed by atoms with E-state index in [-0.39, 0.29) is 5.91 Å². The van der Waals surface area contributed by atoms with Crippen LogP contribution in [0.15, 0.2) is 30.3 Å². The number of hydrogen-bond donors (Lipinski definition) is 1. The Kier molecular flexibility index (Phi) is 3.49. The minimum atomic E-state index is -0.574. The van der Waals surface area contributed by atoms with Crippen molar-refractivity contribution in [2.45, 2.75) is 18.7 Å². The van der Waals surface area contributed by atoms with E-state index in [0.29, 0.717) is 5.92 Å². The molecule has 3 unspecified atom stereocenters. The Morgan fingerprint density at radius 2 is 2.12 bits per heavy atom. The first-order valence-corrected chi connectivity index (χ1v) is 6.09. The number of hydrogen-bond acceptors (Lipinski definition) is 1. The number of carbonyl (C=O) groups is 1. The van der Waals surface area contributed by atoms with Crippen molar-refractivity contribution in [3.63, 3.8) is 0 Å². The number of alkyl halides is 1. The summed E-state index contributed by atoms with van der Waals surface area (Å²) in [5, 5.41) is 2.33. The van der Waals surface area contributed by atoms with Gasteiger partial charge in [-0.3, -0.25) is 4.79 Å².